The maximum Gasteiger partial charge on any atom is 0.302 e. The van der Waals surface area contributed by atoms with E-state index in [-0.39, 0.29) is 36.4 Å². The fourth-order valence-electron chi connectivity index (χ4n) is 6.71. The van der Waals surface area contributed by atoms with Crippen LogP contribution in [0.4, 0.5) is 0 Å². The molecular weight excluding hydrogens is 596 g/mol. The van der Waals surface area contributed by atoms with E-state index in [0.29, 0.717) is 37.7 Å². The molecule has 2 aliphatic heterocycles. The summed E-state index contributed by atoms with van der Waals surface area (Å²) < 4.78 is 5.51. The first-order valence-corrected chi connectivity index (χ1v) is 15.8. The number of rotatable bonds is 10. The molecule has 3 amide bonds. The molecule has 1 saturated heterocycles. The van der Waals surface area contributed by atoms with E-state index in [1.807, 2.05) is 6.92 Å². The third-order valence-electron chi connectivity index (χ3n) is 9.37. The summed E-state index contributed by atoms with van der Waals surface area (Å²) >= 11 is 0. The maximum atomic E-state index is 14.5. The summed E-state index contributed by atoms with van der Waals surface area (Å²) in [6.07, 6.45) is 2.60. The number of likely N-dealkylation sites (tertiary alicyclic amines) is 1. The van der Waals surface area contributed by atoms with Crippen LogP contribution in [0.25, 0.3) is 0 Å². The van der Waals surface area contributed by atoms with Gasteiger partial charge in [0.25, 0.3) is 0 Å². The van der Waals surface area contributed by atoms with Crippen molar-refractivity contribution in [2.24, 2.45) is 17.6 Å². The van der Waals surface area contributed by atoms with Crippen LogP contribution in [0.15, 0.2) is 36.5 Å². The number of hydrogen-bond donors (Lipinski definition) is 7. The van der Waals surface area contributed by atoms with Gasteiger partial charge in [-0.15, -0.1) is 0 Å². The molecule has 0 spiro atoms. The molecule has 1 saturated carbocycles. The largest absolute Gasteiger partial charge is 0.508 e. The van der Waals surface area contributed by atoms with Gasteiger partial charge in [-0.1, -0.05) is 38.5 Å². The fourth-order valence-corrected chi connectivity index (χ4v) is 6.71. The van der Waals surface area contributed by atoms with Gasteiger partial charge >= 0.3 is 5.97 Å². The van der Waals surface area contributed by atoms with Gasteiger partial charge in [-0.2, -0.15) is 0 Å². The van der Waals surface area contributed by atoms with E-state index in [4.69, 9.17) is 15.9 Å². The number of aromatic hydroxyl groups is 1. The summed E-state index contributed by atoms with van der Waals surface area (Å²) in [6, 6.07) is 2.84. The molecule has 4 rings (SSSR count). The van der Waals surface area contributed by atoms with E-state index in [2.05, 4.69) is 10.6 Å². The van der Waals surface area contributed by atoms with Crippen molar-refractivity contribution in [3.05, 3.63) is 42.1 Å². The number of aliphatic hydroxyl groups is 2. The smallest absolute Gasteiger partial charge is 0.302 e. The Kier molecular flexibility index (Phi) is 11.3. The minimum Gasteiger partial charge on any atom is -0.508 e. The highest BCUT2D eigenvalue weighted by molar-refractivity contribution is 5.94. The van der Waals surface area contributed by atoms with Gasteiger partial charge in [-0.25, -0.2) is 0 Å². The second-order valence-corrected chi connectivity index (χ2v) is 12.6. The zero-order valence-corrected chi connectivity index (χ0v) is 26.5. The number of aliphatic hydroxyl groups excluding tert-OH is 2. The van der Waals surface area contributed by atoms with Gasteiger partial charge in [-0.05, 0) is 55.2 Å². The average Bonchev–Trinajstić information content (AvgIpc) is 3.39. The third kappa shape index (κ3) is 7.97. The SMILES string of the molecule is CC[C@H](C)[C@@H](NC(=O)[C@H](O)Cc1ccc(O)cc1)C(=O)N1[C@@H](C(=O)N[C@H]2CC=CN(C(=N)N)[C@@H]2O)C[C@H]2CC[C@@H](OC(C)=O)C[C@H]21. The summed E-state index contributed by atoms with van der Waals surface area (Å²) in [7, 11) is 0. The molecule has 14 nitrogen and oxygen atoms in total. The molecule has 8 N–H and O–H groups in total. The molecule has 0 aromatic heterocycles. The topological polar surface area (TPSA) is 219 Å². The average molecular weight is 643 g/mol. The Labute approximate surface area is 268 Å². The van der Waals surface area contributed by atoms with Crippen LogP contribution in [0.5, 0.6) is 5.75 Å². The van der Waals surface area contributed by atoms with Crippen molar-refractivity contribution in [2.45, 2.75) is 108 Å². The minimum atomic E-state index is -1.47. The van der Waals surface area contributed by atoms with Crippen LogP contribution in [0, 0.1) is 17.2 Å². The highest BCUT2D eigenvalue weighted by Crippen LogP contribution is 2.41. The number of nitrogens with zero attached hydrogens (tertiary/aromatic N) is 2. The van der Waals surface area contributed by atoms with Gasteiger partial charge in [0.1, 0.15) is 30.0 Å². The van der Waals surface area contributed by atoms with E-state index in [1.54, 1.807) is 25.1 Å². The maximum absolute atomic E-state index is 14.5. The zero-order chi connectivity index (χ0) is 33.7. The summed E-state index contributed by atoms with van der Waals surface area (Å²) in [6.45, 7) is 5.00. The first-order chi connectivity index (χ1) is 21.8. The van der Waals surface area contributed by atoms with Crippen LogP contribution < -0.4 is 16.4 Å². The number of fused-ring (bicyclic) bond motifs is 1. The van der Waals surface area contributed by atoms with Gasteiger partial charge in [0.15, 0.2) is 12.2 Å². The Morgan fingerprint density at radius 3 is 2.48 bits per heavy atom. The number of esters is 1. The Hall–Kier alpha value is -4.17. The van der Waals surface area contributed by atoms with Gasteiger partial charge < -0.3 is 41.3 Å². The van der Waals surface area contributed by atoms with Gasteiger partial charge in [0.2, 0.25) is 17.7 Å². The van der Waals surface area contributed by atoms with Crippen LogP contribution in [0.3, 0.4) is 0 Å². The Bertz CT molecular complexity index is 1320. The van der Waals surface area contributed by atoms with E-state index >= 15 is 0 Å². The summed E-state index contributed by atoms with van der Waals surface area (Å²) in [4.78, 5) is 56.1. The summed E-state index contributed by atoms with van der Waals surface area (Å²) in [5, 5.41) is 44.4. The quantitative estimate of drug-likeness (QED) is 0.106. The van der Waals surface area contributed by atoms with Crippen molar-refractivity contribution in [1.82, 2.24) is 20.4 Å². The Morgan fingerprint density at radius 1 is 1.15 bits per heavy atom. The lowest BCUT2D eigenvalue weighted by molar-refractivity contribution is -0.152. The van der Waals surface area contributed by atoms with Crippen molar-refractivity contribution >= 4 is 29.7 Å². The molecule has 46 heavy (non-hydrogen) atoms. The molecule has 1 aromatic rings. The van der Waals surface area contributed by atoms with Crippen LogP contribution in [0.2, 0.25) is 0 Å². The number of phenols is 1. The van der Waals surface area contributed by atoms with Crippen molar-refractivity contribution in [2.75, 3.05) is 0 Å². The predicted octanol–water partition coefficient (Wildman–Crippen LogP) is 0.444. The van der Waals surface area contributed by atoms with E-state index in [0.717, 1.165) is 4.90 Å². The van der Waals surface area contributed by atoms with E-state index in [9.17, 15) is 34.5 Å². The number of carbonyl (C=O) groups excluding carboxylic acids is 4. The van der Waals surface area contributed by atoms with Gasteiger partial charge in [0, 0.05) is 32.0 Å². The molecule has 252 valence electrons. The highest BCUT2D eigenvalue weighted by atomic mass is 16.5. The van der Waals surface area contributed by atoms with Crippen molar-refractivity contribution < 1.29 is 39.2 Å². The molecular formula is C32H46N6O8. The molecule has 0 bridgehead atoms. The number of amides is 3. The van der Waals surface area contributed by atoms with Crippen LogP contribution in [0.1, 0.15) is 64.9 Å². The third-order valence-corrected chi connectivity index (χ3v) is 9.37. The van der Waals surface area contributed by atoms with Crippen molar-refractivity contribution in [3.63, 3.8) is 0 Å². The number of benzene rings is 1. The first-order valence-electron chi connectivity index (χ1n) is 15.8. The molecule has 1 aliphatic carbocycles. The number of guanidine groups is 1. The number of phenolic OH excluding ortho intramolecular Hbond substituents is 1. The van der Waals surface area contributed by atoms with Crippen LogP contribution in [-0.2, 0) is 30.3 Å². The molecule has 2 fully saturated rings. The number of hydrogen-bond acceptors (Lipinski definition) is 9. The molecule has 3 aliphatic rings. The number of carbonyl (C=O) groups is 4. The number of nitrogens with one attached hydrogen (secondary N) is 3. The summed E-state index contributed by atoms with van der Waals surface area (Å²) in [5.41, 5.74) is 6.20. The fraction of sp³-hybridized carbons (Fsp3) is 0.594. The molecule has 0 radical (unpaired) electrons. The highest BCUT2D eigenvalue weighted by Gasteiger charge is 2.52. The van der Waals surface area contributed by atoms with E-state index in [1.165, 1.54) is 30.2 Å². The first kappa shape index (κ1) is 34.7. The molecule has 14 heteroatoms. The van der Waals surface area contributed by atoms with Crippen LogP contribution >= 0.6 is 0 Å². The monoisotopic (exact) mass is 642 g/mol. The lowest BCUT2D eigenvalue weighted by Gasteiger charge is -2.40. The normalized spacial score (nSPS) is 27.6. The number of nitrogens with two attached hydrogens (primary N) is 1. The molecule has 9 atom stereocenters. The zero-order valence-electron chi connectivity index (χ0n) is 26.5. The second-order valence-electron chi connectivity index (χ2n) is 12.6. The van der Waals surface area contributed by atoms with Gasteiger partial charge in [0.05, 0.1) is 6.04 Å². The number of ether oxygens (including phenoxy) is 1. The standard InChI is InChI=1S/C32H46N6O8/c1-4-17(2)27(36-29(43)26(41)14-19-7-10-21(40)11-8-19)31(45)38-24-16-22(46-18(3)39)12-9-20(24)15-25(38)28(42)35-23-6-5-13-37(30(23)44)32(33)34/h5,7-8,10-11,13,17,20,22-27,30,40-41,44H,4,6,9,12,14-16H2,1-3H3,(H3,33,34)(H,35,42)(H,36,43)/t17-,20+,22+,23-,24+,25+,26+,27+,30+/m0/s1. The van der Waals surface area contributed by atoms with Crippen molar-refractivity contribution in [1.29, 1.82) is 5.41 Å². The summed E-state index contributed by atoms with van der Waals surface area (Å²) in [5.74, 6) is -2.91. The van der Waals surface area contributed by atoms with Gasteiger partial charge in [-0.3, -0.25) is 29.5 Å². The second kappa shape index (κ2) is 14.9. The van der Waals surface area contributed by atoms with Crippen LogP contribution in [-0.4, -0.2) is 97.4 Å². The Morgan fingerprint density at radius 2 is 1.85 bits per heavy atom. The van der Waals surface area contributed by atoms with Crippen molar-refractivity contribution in [3.8, 4) is 5.75 Å². The predicted molar refractivity (Wildman–Crippen MR) is 167 cm³/mol. The molecule has 0 unspecified atom stereocenters. The Balaban J connectivity index is 1.58. The van der Waals surface area contributed by atoms with E-state index < -0.39 is 66.3 Å². The lowest BCUT2D eigenvalue weighted by atomic mass is 9.82. The minimum absolute atomic E-state index is 0.0352. The molecule has 2 heterocycles. The lowest BCUT2D eigenvalue weighted by Crippen LogP contribution is -2.61. The molecule has 1 aromatic carbocycles.